The first-order valence-corrected chi connectivity index (χ1v) is 6.21. The van der Waals surface area contributed by atoms with Crippen molar-refractivity contribution in [2.24, 2.45) is 21.8 Å². The number of fused-ring (bicyclic) bond motifs is 1. The van der Waals surface area contributed by atoms with Crippen molar-refractivity contribution in [2.45, 2.75) is 34.1 Å². The Bertz CT molecular complexity index is 361. The summed E-state index contributed by atoms with van der Waals surface area (Å²) in [5.41, 5.74) is 1.28. The molecule has 2 aliphatic heterocycles. The summed E-state index contributed by atoms with van der Waals surface area (Å²) < 4.78 is 0. The molecule has 0 amide bonds. The number of nitrogens with zero attached hydrogens (tertiary/aromatic N) is 3. The van der Waals surface area contributed by atoms with Crippen molar-refractivity contribution >= 4 is 11.7 Å². The Labute approximate surface area is 98.0 Å². The fourth-order valence-electron chi connectivity index (χ4n) is 2.21. The fraction of sp³-hybridized carbons (Fsp3) is 0.692. The maximum Gasteiger partial charge on any atom is 0.133 e. The zero-order valence-corrected chi connectivity index (χ0v) is 10.7. The van der Waals surface area contributed by atoms with Gasteiger partial charge in [-0.2, -0.15) is 0 Å². The summed E-state index contributed by atoms with van der Waals surface area (Å²) in [6.07, 6.45) is 3.15. The van der Waals surface area contributed by atoms with Crippen LogP contribution in [0.5, 0.6) is 0 Å². The topological polar surface area (TPSA) is 28.0 Å². The van der Waals surface area contributed by atoms with Crippen LogP contribution in [0.2, 0.25) is 0 Å². The quantitative estimate of drug-likeness (QED) is 0.701. The monoisotopic (exact) mass is 219 g/mol. The third kappa shape index (κ3) is 1.91. The summed E-state index contributed by atoms with van der Waals surface area (Å²) in [4.78, 5) is 11.6. The van der Waals surface area contributed by atoms with Crippen molar-refractivity contribution in [1.29, 1.82) is 0 Å². The molecule has 0 saturated heterocycles. The Morgan fingerprint density at radius 3 is 2.56 bits per heavy atom. The van der Waals surface area contributed by atoms with Gasteiger partial charge in [0.15, 0.2) is 0 Å². The molecule has 0 aromatic carbocycles. The van der Waals surface area contributed by atoms with E-state index in [1.807, 2.05) is 6.20 Å². The lowest BCUT2D eigenvalue weighted by molar-refractivity contribution is 0.511. The van der Waals surface area contributed by atoms with Gasteiger partial charge in [0.2, 0.25) is 0 Å². The molecule has 2 aliphatic rings. The van der Waals surface area contributed by atoms with Gasteiger partial charge >= 0.3 is 0 Å². The second-order valence-corrected chi connectivity index (χ2v) is 5.09. The lowest BCUT2D eigenvalue weighted by Crippen LogP contribution is -2.45. The Hall–Kier alpha value is -1.12. The molecule has 16 heavy (non-hydrogen) atoms. The molecule has 0 atom stereocenters. The molecule has 0 aromatic rings. The number of hydrogen-bond acceptors (Lipinski definition) is 3. The van der Waals surface area contributed by atoms with Gasteiger partial charge in [-0.3, -0.25) is 4.99 Å². The highest BCUT2D eigenvalue weighted by Gasteiger charge is 2.28. The standard InChI is InChI=1S/C13H21N3/c1-9(2)11-8-15-12(10(3)4)16-7-5-6-14-13(11)16/h8-10H,5-7H2,1-4H3. The molecule has 0 bridgehead atoms. The number of rotatable bonds is 2. The van der Waals surface area contributed by atoms with Gasteiger partial charge in [0.05, 0.1) is 0 Å². The predicted octanol–water partition coefficient (Wildman–Crippen LogP) is 2.70. The maximum absolute atomic E-state index is 4.68. The molecule has 0 radical (unpaired) electrons. The molecule has 0 aliphatic carbocycles. The second-order valence-electron chi connectivity index (χ2n) is 5.09. The predicted molar refractivity (Wildman–Crippen MR) is 68.8 cm³/mol. The number of aliphatic imine (C=N–C) groups is 2. The van der Waals surface area contributed by atoms with Gasteiger partial charge in [0.25, 0.3) is 0 Å². The summed E-state index contributed by atoms with van der Waals surface area (Å²) in [6, 6.07) is 0. The van der Waals surface area contributed by atoms with E-state index >= 15 is 0 Å². The van der Waals surface area contributed by atoms with Crippen LogP contribution < -0.4 is 0 Å². The maximum atomic E-state index is 4.68. The highest BCUT2D eigenvalue weighted by Crippen LogP contribution is 2.24. The molecule has 0 spiro atoms. The average molecular weight is 219 g/mol. The zero-order valence-electron chi connectivity index (χ0n) is 10.7. The van der Waals surface area contributed by atoms with Gasteiger partial charge in [-0.05, 0) is 12.3 Å². The highest BCUT2D eigenvalue weighted by atomic mass is 15.3. The lowest BCUT2D eigenvalue weighted by atomic mass is 9.98. The Morgan fingerprint density at radius 2 is 1.94 bits per heavy atom. The van der Waals surface area contributed by atoms with Crippen LogP contribution in [0.3, 0.4) is 0 Å². The van der Waals surface area contributed by atoms with E-state index in [1.54, 1.807) is 0 Å². The summed E-state index contributed by atoms with van der Waals surface area (Å²) in [5.74, 6) is 3.30. The Kier molecular flexibility index (Phi) is 3.13. The molecule has 0 unspecified atom stereocenters. The molecule has 3 nitrogen and oxygen atoms in total. The van der Waals surface area contributed by atoms with Crippen LogP contribution in [0.1, 0.15) is 34.1 Å². The van der Waals surface area contributed by atoms with E-state index in [4.69, 9.17) is 0 Å². The minimum Gasteiger partial charge on any atom is -0.314 e. The van der Waals surface area contributed by atoms with Crippen molar-refractivity contribution in [1.82, 2.24) is 4.90 Å². The van der Waals surface area contributed by atoms with Crippen LogP contribution in [-0.2, 0) is 0 Å². The molecule has 3 heteroatoms. The molecule has 88 valence electrons. The molecule has 2 rings (SSSR count). The summed E-state index contributed by atoms with van der Waals surface area (Å²) in [6.45, 7) is 10.8. The largest absolute Gasteiger partial charge is 0.314 e. The minimum atomic E-state index is 0.466. The summed E-state index contributed by atoms with van der Waals surface area (Å²) in [5, 5.41) is 0. The lowest BCUT2D eigenvalue weighted by Gasteiger charge is -2.36. The SMILES string of the molecule is CC(C)C1=CN=C(C(C)C)N2CCCN=C12. The van der Waals surface area contributed by atoms with Crippen molar-refractivity contribution in [2.75, 3.05) is 13.1 Å². The smallest absolute Gasteiger partial charge is 0.133 e. The highest BCUT2D eigenvalue weighted by molar-refractivity contribution is 6.12. The van der Waals surface area contributed by atoms with Gasteiger partial charge in [-0.25, -0.2) is 4.99 Å². The fourth-order valence-corrected chi connectivity index (χ4v) is 2.21. The van der Waals surface area contributed by atoms with E-state index in [0.717, 1.165) is 19.5 Å². The van der Waals surface area contributed by atoms with E-state index in [-0.39, 0.29) is 0 Å². The Balaban J connectivity index is 2.40. The van der Waals surface area contributed by atoms with Crippen LogP contribution in [-0.4, -0.2) is 29.7 Å². The van der Waals surface area contributed by atoms with Crippen LogP contribution in [0, 0.1) is 11.8 Å². The molecule has 0 saturated carbocycles. The van der Waals surface area contributed by atoms with Gasteiger partial charge in [-0.15, -0.1) is 0 Å². The van der Waals surface area contributed by atoms with Gasteiger partial charge < -0.3 is 4.90 Å². The van der Waals surface area contributed by atoms with E-state index in [0.29, 0.717) is 11.8 Å². The van der Waals surface area contributed by atoms with Crippen molar-refractivity contribution in [3.63, 3.8) is 0 Å². The molecule has 0 N–H and O–H groups in total. The number of hydrogen-bond donors (Lipinski definition) is 0. The van der Waals surface area contributed by atoms with Crippen LogP contribution >= 0.6 is 0 Å². The zero-order chi connectivity index (χ0) is 11.7. The van der Waals surface area contributed by atoms with Crippen molar-refractivity contribution in [3.8, 4) is 0 Å². The normalized spacial score (nSPS) is 20.6. The van der Waals surface area contributed by atoms with E-state index in [9.17, 15) is 0 Å². The van der Waals surface area contributed by atoms with Gasteiger partial charge in [0, 0.05) is 30.8 Å². The Morgan fingerprint density at radius 1 is 1.19 bits per heavy atom. The first-order valence-electron chi connectivity index (χ1n) is 6.21. The van der Waals surface area contributed by atoms with Crippen molar-refractivity contribution in [3.05, 3.63) is 11.8 Å². The van der Waals surface area contributed by atoms with E-state index in [2.05, 4.69) is 42.6 Å². The molecule has 0 aromatic heterocycles. The average Bonchev–Trinajstić information content (AvgIpc) is 2.27. The number of amidine groups is 2. The van der Waals surface area contributed by atoms with E-state index in [1.165, 1.54) is 17.2 Å². The summed E-state index contributed by atoms with van der Waals surface area (Å²) in [7, 11) is 0. The molecule has 0 fully saturated rings. The minimum absolute atomic E-state index is 0.466. The van der Waals surface area contributed by atoms with Crippen LogP contribution in [0.4, 0.5) is 0 Å². The van der Waals surface area contributed by atoms with Gasteiger partial charge in [-0.1, -0.05) is 27.7 Å². The first kappa shape index (κ1) is 11.4. The first-order chi connectivity index (χ1) is 7.61. The third-order valence-corrected chi connectivity index (χ3v) is 3.07. The molecule has 2 heterocycles. The molecular formula is C13H21N3. The second kappa shape index (κ2) is 4.40. The summed E-state index contributed by atoms with van der Waals surface area (Å²) >= 11 is 0. The van der Waals surface area contributed by atoms with Crippen LogP contribution in [0.25, 0.3) is 0 Å². The van der Waals surface area contributed by atoms with E-state index < -0.39 is 0 Å². The molecular weight excluding hydrogens is 198 g/mol. The van der Waals surface area contributed by atoms with Crippen molar-refractivity contribution < 1.29 is 0 Å². The van der Waals surface area contributed by atoms with Crippen LogP contribution in [0.15, 0.2) is 21.8 Å². The third-order valence-electron chi connectivity index (χ3n) is 3.07. The van der Waals surface area contributed by atoms with Gasteiger partial charge in [0.1, 0.15) is 11.7 Å².